The number of halogens is 1. The molecule has 0 amide bonds. The quantitative estimate of drug-likeness (QED) is 0.787. The summed E-state index contributed by atoms with van der Waals surface area (Å²) in [6.07, 6.45) is 6.50. The molecule has 1 aliphatic rings. The first kappa shape index (κ1) is 12.6. The number of hydrogen-bond donors (Lipinski definition) is 2. The van der Waals surface area contributed by atoms with Gasteiger partial charge in [-0.1, -0.05) is 37.8 Å². The van der Waals surface area contributed by atoms with Gasteiger partial charge in [0.1, 0.15) is 0 Å². The topological polar surface area (TPSA) is 38.0 Å². The molecule has 2 rings (SSSR count). The van der Waals surface area contributed by atoms with Gasteiger partial charge in [0.25, 0.3) is 0 Å². The standard InChI is InChI=1S/C14H21ClN2/c1-2-10-4-3-5-12(8-10)17-14-7-6-11(15)9-13(14)16/h6-7,9-10,12,17H,2-5,8,16H2,1H3. The summed E-state index contributed by atoms with van der Waals surface area (Å²) in [5, 5.41) is 4.25. The van der Waals surface area contributed by atoms with Gasteiger partial charge < -0.3 is 11.1 Å². The van der Waals surface area contributed by atoms with Crippen LogP contribution in [-0.4, -0.2) is 6.04 Å². The highest BCUT2D eigenvalue weighted by Gasteiger charge is 2.20. The molecule has 0 aromatic heterocycles. The van der Waals surface area contributed by atoms with Gasteiger partial charge in [0.2, 0.25) is 0 Å². The molecule has 1 fully saturated rings. The maximum absolute atomic E-state index is 5.96. The van der Waals surface area contributed by atoms with Gasteiger partial charge in [-0.15, -0.1) is 0 Å². The number of benzene rings is 1. The van der Waals surface area contributed by atoms with Crippen LogP contribution in [0.15, 0.2) is 18.2 Å². The van der Waals surface area contributed by atoms with Crippen molar-refractivity contribution in [3.8, 4) is 0 Å². The van der Waals surface area contributed by atoms with Crippen LogP contribution in [0.1, 0.15) is 39.0 Å². The van der Waals surface area contributed by atoms with Crippen LogP contribution in [0.2, 0.25) is 5.02 Å². The van der Waals surface area contributed by atoms with Crippen LogP contribution in [0.3, 0.4) is 0 Å². The summed E-state index contributed by atoms with van der Waals surface area (Å²) >= 11 is 5.90. The van der Waals surface area contributed by atoms with Crippen molar-refractivity contribution in [2.24, 2.45) is 5.92 Å². The Morgan fingerprint density at radius 2 is 2.24 bits per heavy atom. The van der Waals surface area contributed by atoms with Crippen molar-refractivity contribution in [1.29, 1.82) is 0 Å². The van der Waals surface area contributed by atoms with E-state index in [2.05, 4.69) is 12.2 Å². The second-order valence-electron chi connectivity index (χ2n) is 5.01. The Morgan fingerprint density at radius 1 is 1.41 bits per heavy atom. The molecule has 2 unspecified atom stereocenters. The monoisotopic (exact) mass is 252 g/mol. The predicted octanol–water partition coefficient (Wildman–Crippen LogP) is 4.30. The van der Waals surface area contributed by atoms with Crippen molar-refractivity contribution >= 4 is 23.0 Å². The molecule has 3 N–H and O–H groups in total. The van der Waals surface area contributed by atoms with Gasteiger partial charge in [-0.25, -0.2) is 0 Å². The molecule has 1 aromatic rings. The lowest BCUT2D eigenvalue weighted by Crippen LogP contribution is -2.27. The third kappa shape index (κ3) is 3.29. The minimum absolute atomic E-state index is 0.567. The average Bonchev–Trinajstić information content (AvgIpc) is 2.33. The Hall–Kier alpha value is -0.890. The molecule has 0 bridgehead atoms. The lowest BCUT2D eigenvalue weighted by molar-refractivity contribution is 0.327. The molecule has 0 saturated heterocycles. The Labute approximate surface area is 109 Å². The van der Waals surface area contributed by atoms with E-state index in [1.807, 2.05) is 18.2 Å². The van der Waals surface area contributed by atoms with Crippen LogP contribution < -0.4 is 11.1 Å². The third-order valence-electron chi connectivity index (χ3n) is 3.73. The zero-order valence-electron chi connectivity index (χ0n) is 10.4. The predicted molar refractivity (Wildman–Crippen MR) is 75.5 cm³/mol. The van der Waals surface area contributed by atoms with E-state index in [9.17, 15) is 0 Å². The summed E-state index contributed by atoms with van der Waals surface area (Å²) < 4.78 is 0. The minimum atomic E-state index is 0.567. The van der Waals surface area contributed by atoms with Gasteiger partial charge >= 0.3 is 0 Å². The first-order valence-corrected chi connectivity index (χ1v) is 6.88. The van der Waals surface area contributed by atoms with E-state index in [0.717, 1.165) is 17.3 Å². The normalized spacial score (nSPS) is 24.6. The van der Waals surface area contributed by atoms with E-state index < -0.39 is 0 Å². The molecule has 3 heteroatoms. The van der Waals surface area contributed by atoms with Gasteiger partial charge in [0, 0.05) is 11.1 Å². The first-order valence-electron chi connectivity index (χ1n) is 6.50. The van der Waals surface area contributed by atoms with Crippen LogP contribution in [-0.2, 0) is 0 Å². The molecule has 1 aromatic carbocycles. The Kier molecular flexibility index (Phi) is 4.16. The summed E-state index contributed by atoms with van der Waals surface area (Å²) in [6, 6.07) is 6.25. The SMILES string of the molecule is CCC1CCCC(Nc2ccc(Cl)cc2N)C1. The highest BCUT2D eigenvalue weighted by molar-refractivity contribution is 6.31. The van der Waals surface area contributed by atoms with Crippen LogP contribution in [0.5, 0.6) is 0 Å². The number of nitrogens with two attached hydrogens (primary N) is 1. The second-order valence-corrected chi connectivity index (χ2v) is 5.45. The lowest BCUT2D eigenvalue weighted by Gasteiger charge is -2.30. The molecule has 17 heavy (non-hydrogen) atoms. The number of anilines is 2. The zero-order valence-corrected chi connectivity index (χ0v) is 11.1. The number of hydrogen-bond acceptors (Lipinski definition) is 2. The molecule has 0 radical (unpaired) electrons. The average molecular weight is 253 g/mol. The molecule has 2 nitrogen and oxygen atoms in total. The number of nitrogens with one attached hydrogen (secondary N) is 1. The smallest absolute Gasteiger partial charge is 0.0577 e. The molecule has 1 saturated carbocycles. The van der Waals surface area contributed by atoms with Crippen LogP contribution in [0.25, 0.3) is 0 Å². The molecule has 0 aliphatic heterocycles. The molecule has 0 spiro atoms. The van der Waals surface area contributed by atoms with E-state index in [4.69, 9.17) is 17.3 Å². The highest BCUT2D eigenvalue weighted by atomic mass is 35.5. The van der Waals surface area contributed by atoms with E-state index >= 15 is 0 Å². The molecule has 2 atom stereocenters. The van der Waals surface area contributed by atoms with Crippen molar-refractivity contribution in [3.05, 3.63) is 23.2 Å². The van der Waals surface area contributed by atoms with E-state index in [1.165, 1.54) is 32.1 Å². The lowest BCUT2D eigenvalue weighted by atomic mass is 9.84. The van der Waals surface area contributed by atoms with Gasteiger partial charge in [-0.05, 0) is 37.0 Å². The fourth-order valence-electron chi connectivity index (χ4n) is 2.68. The van der Waals surface area contributed by atoms with Gasteiger partial charge in [-0.3, -0.25) is 0 Å². The summed E-state index contributed by atoms with van der Waals surface area (Å²) in [7, 11) is 0. The summed E-state index contributed by atoms with van der Waals surface area (Å²) in [5.41, 5.74) is 7.73. The molecule has 94 valence electrons. The number of nitrogen functional groups attached to an aromatic ring is 1. The van der Waals surface area contributed by atoms with Crippen molar-refractivity contribution in [2.45, 2.75) is 45.1 Å². The second kappa shape index (κ2) is 5.63. The maximum atomic E-state index is 5.96. The van der Waals surface area contributed by atoms with Crippen molar-refractivity contribution < 1.29 is 0 Å². The largest absolute Gasteiger partial charge is 0.397 e. The van der Waals surface area contributed by atoms with Crippen molar-refractivity contribution in [2.75, 3.05) is 11.1 Å². The van der Waals surface area contributed by atoms with E-state index in [-0.39, 0.29) is 0 Å². The maximum Gasteiger partial charge on any atom is 0.0577 e. The summed E-state index contributed by atoms with van der Waals surface area (Å²) in [5.74, 6) is 0.870. The molecular formula is C14H21ClN2. The fraction of sp³-hybridized carbons (Fsp3) is 0.571. The summed E-state index contributed by atoms with van der Waals surface area (Å²) in [4.78, 5) is 0. The van der Waals surface area contributed by atoms with E-state index in [1.54, 1.807) is 0 Å². The van der Waals surface area contributed by atoms with Crippen molar-refractivity contribution in [3.63, 3.8) is 0 Å². The highest BCUT2D eigenvalue weighted by Crippen LogP contribution is 2.30. The summed E-state index contributed by atoms with van der Waals surface area (Å²) in [6.45, 7) is 2.28. The van der Waals surface area contributed by atoms with Crippen LogP contribution >= 0.6 is 11.6 Å². The first-order chi connectivity index (χ1) is 8.19. The fourth-order valence-corrected chi connectivity index (χ4v) is 2.86. The Balaban J connectivity index is 2.00. The van der Waals surface area contributed by atoms with Gasteiger partial charge in [-0.2, -0.15) is 0 Å². The molecule has 0 heterocycles. The zero-order chi connectivity index (χ0) is 12.3. The van der Waals surface area contributed by atoms with Crippen LogP contribution in [0.4, 0.5) is 11.4 Å². The molecular weight excluding hydrogens is 232 g/mol. The molecule has 1 aliphatic carbocycles. The van der Waals surface area contributed by atoms with Crippen molar-refractivity contribution in [1.82, 2.24) is 0 Å². The number of rotatable bonds is 3. The minimum Gasteiger partial charge on any atom is -0.397 e. The Bertz CT molecular complexity index is 378. The Morgan fingerprint density at radius 3 is 2.94 bits per heavy atom. The van der Waals surface area contributed by atoms with Gasteiger partial charge in [0.05, 0.1) is 11.4 Å². The van der Waals surface area contributed by atoms with Crippen LogP contribution in [0, 0.1) is 5.92 Å². The van der Waals surface area contributed by atoms with E-state index in [0.29, 0.717) is 11.1 Å². The third-order valence-corrected chi connectivity index (χ3v) is 3.97. The van der Waals surface area contributed by atoms with Gasteiger partial charge in [0.15, 0.2) is 0 Å².